The number of rotatable bonds is 5. The van der Waals surface area contributed by atoms with Crippen LogP contribution in [0.5, 0.6) is 0 Å². The van der Waals surface area contributed by atoms with Gasteiger partial charge in [-0.05, 0) is 36.8 Å². The van der Waals surface area contributed by atoms with E-state index in [-0.39, 0.29) is 11.5 Å². The summed E-state index contributed by atoms with van der Waals surface area (Å²) >= 11 is 0. The second-order valence-corrected chi connectivity index (χ2v) is 7.52. The Hall–Kier alpha value is -0.870. The summed E-state index contributed by atoms with van der Waals surface area (Å²) in [6.07, 6.45) is 3.03. The highest BCUT2D eigenvalue weighted by Gasteiger charge is 2.35. The lowest BCUT2D eigenvalue weighted by molar-refractivity contribution is 0.425. The standard InChI is InChI=1S/C14H21NO2S/c1-2-10-18(16,17)11-9-14(15)8-7-12-5-3-4-6-13(12)14/h3-6H,2,7-11,15H2,1H3. The van der Waals surface area contributed by atoms with Crippen LogP contribution in [-0.2, 0) is 21.8 Å². The highest BCUT2D eigenvalue weighted by atomic mass is 32.2. The van der Waals surface area contributed by atoms with Crippen molar-refractivity contribution in [2.45, 2.75) is 38.1 Å². The van der Waals surface area contributed by atoms with Gasteiger partial charge in [0, 0.05) is 11.3 Å². The van der Waals surface area contributed by atoms with Gasteiger partial charge in [-0.3, -0.25) is 0 Å². The summed E-state index contributed by atoms with van der Waals surface area (Å²) in [5, 5.41) is 0. The highest BCUT2D eigenvalue weighted by Crippen LogP contribution is 2.37. The summed E-state index contributed by atoms with van der Waals surface area (Å²) in [6, 6.07) is 8.12. The van der Waals surface area contributed by atoms with Gasteiger partial charge in [-0.1, -0.05) is 31.2 Å². The van der Waals surface area contributed by atoms with Gasteiger partial charge < -0.3 is 5.73 Å². The van der Waals surface area contributed by atoms with Crippen molar-refractivity contribution in [2.24, 2.45) is 5.73 Å². The first-order valence-corrected chi connectivity index (χ1v) is 8.37. The van der Waals surface area contributed by atoms with Crippen LogP contribution in [0, 0.1) is 0 Å². The minimum atomic E-state index is -2.94. The molecule has 3 nitrogen and oxygen atoms in total. The van der Waals surface area contributed by atoms with Crippen molar-refractivity contribution in [3.05, 3.63) is 35.4 Å². The summed E-state index contributed by atoms with van der Waals surface area (Å²) < 4.78 is 23.6. The number of hydrogen-bond acceptors (Lipinski definition) is 3. The highest BCUT2D eigenvalue weighted by molar-refractivity contribution is 7.91. The SMILES string of the molecule is CCCS(=O)(=O)CCC1(N)CCc2ccccc21. The molecule has 0 saturated carbocycles. The van der Waals surface area contributed by atoms with Crippen LogP contribution in [0.4, 0.5) is 0 Å². The molecular weight excluding hydrogens is 246 g/mol. The Morgan fingerprint density at radius 1 is 1.28 bits per heavy atom. The fourth-order valence-corrected chi connectivity index (χ4v) is 4.23. The lowest BCUT2D eigenvalue weighted by Crippen LogP contribution is -2.36. The van der Waals surface area contributed by atoms with Crippen molar-refractivity contribution >= 4 is 9.84 Å². The maximum absolute atomic E-state index is 11.8. The molecule has 1 aliphatic rings. The summed E-state index contributed by atoms with van der Waals surface area (Å²) in [5.74, 6) is 0.469. The Labute approximate surface area is 109 Å². The van der Waals surface area contributed by atoms with E-state index < -0.39 is 15.4 Å². The summed E-state index contributed by atoms with van der Waals surface area (Å²) in [4.78, 5) is 0. The van der Waals surface area contributed by atoms with E-state index in [0.29, 0.717) is 12.8 Å². The number of fused-ring (bicyclic) bond motifs is 1. The molecular formula is C14H21NO2S. The smallest absolute Gasteiger partial charge is 0.150 e. The van der Waals surface area contributed by atoms with Crippen molar-refractivity contribution < 1.29 is 8.42 Å². The Morgan fingerprint density at radius 3 is 2.72 bits per heavy atom. The van der Waals surface area contributed by atoms with Crippen molar-refractivity contribution in [3.63, 3.8) is 0 Å². The average Bonchev–Trinajstić information content (AvgIpc) is 2.67. The lowest BCUT2D eigenvalue weighted by Gasteiger charge is -2.25. The van der Waals surface area contributed by atoms with Crippen molar-refractivity contribution in [1.82, 2.24) is 0 Å². The number of nitrogens with two attached hydrogens (primary N) is 1. The molecule has 100 valence electrons. The Morgan fingerprint density at radius 2 is 2.00 bits per heavy atom. The monoisotopic (exact) mass is 267 g/mol. The summed E-state index contributed by atoms with van der Waals surface area (Å²) in [7, 11) is -2.94. The molecule has 2 rings (SSSR count). The first kappa shape index (κ1) is 13.6. The third kappa shape index (κ3) is 2.75. The van der Waals surface area contributed by atoms with Crippen molar-refractivity contribution in [1.29, 1.82) is 0 Å². The van der Waals surface area contributed by atoms with E-state index in [1.807, 2.05) is 25.1 Å². The maximum Gasteiger partial charge on any atom is 0.150 e. The molecule has 0 heterocycles. The predicted molar refractivity (Wildman–Crippen MR) is 74.2 cm³/mol. The van der Waals surface area contributed by atoms with E-state index in [0.717, 1.165) is 18.4 Å². The number of hydrogen-bond donors (Lipinski definition) is 1. The normalized spacial score (nSPS) is 23.0. The van der Waals surface area contributed by atoms with E-state index in [1.54, 1.807) is 0 Å². The quantitative estimate of drug-likeness (QED) is 0.887. The van der Waals surface area contributed by atoms with Crippen LogP contribution in [0.1, 0.15) is 37.3 Å². The zero-order valence-corrected chi connectivity index (χ0v) is 11.7. The van der Waals surface area contributed by atoms with Crippen LogP contribution in [-0.4, -0.2) is 19.9 Å². The van der Waals surface area contributed by atoms with Gasteiger partial charge in [0.25, 0.3) is 0 Å². The van der Waals surface area contributed by atoms with Gasteiger partial charge in [0.1, 0.15) is 9.84 Å². The van der Waals surface area contributed by atoms with Gasteiger partial charge in [-0.15, -0.1) is 0 Å². The lowest BCUT2D eigenvalue weighted by atomic mass is 9.90. The molecule has 18 heavy (non-hydrogen) atoms. The topological polar surface area (TPSA) is 60.2 Å². The van der Waals surface area contributed by atoms with Crippen LogP contribution in [0.2, 0.25) is 0 Å². The molecule has 0 spiro atoms. The summed E-state index contributed by atoms with van der Waals surface area (Å²) in [6.45, 7) is 1.89. The van der Waals surface area contributed by atoms with Crippen molar-refractivity contribution in [2.75, 3.05) is 11.5 Å². The van der Waals surface area contributed by atoms with Gasteiger partial charge in [0.2, 0.25) is 0 Å². The van der Waals surface area contributed by atoms with E-state index >= 15 is 0 Å². The summed E-state index contributed by atoms with van der Waals surface area (Å²) in [5.41, 5.74) is 8.37. The maximum atomic E-state index is 11.8. The van der Waals surface area contributed by atoms with Crippen LogP contribution < -0.4 is 5.73 Å². The largest absolute Gasteiger partial charge is 0.321 e. The molecule has 1 aromatic rings. The first-order valence-electron chi connectivity index (χ1n) is 6.54. The van der Waals surface area contributed by atoms with Crippen LogP contribution in [0.25, 0.3) is 0 Å². The van der Waals surface area contributed by atoms with Gasteiger partial charge in [0.15, 0.2) is 0 Å². The fourth-order valence-electron chi connectivity index (χ4n) is 2.73. The van der Waals surface area contributed by atoms with E-state index in [2.05, 4.69) is 6.07 Å². The molecule has 0 radical (unpaired) electrons. The van der Waals surface area contributed by atoms with E-state index in [1.165, 1.54) is 5.56 Å². The van der Waals surface area contributed by atoms with Crippen molar-refractivity contribution in [3.8, 4) is 0 Å². The zero-order valence-electron chi connectivity index (χ0n) is 10.9. The van der Waals surface area contributed by atoms with Crippen LogP contribution in [0.15, 0.2) is 24.3 Å². The van der Waals surface area contributed by atoms with Gasteiger partial charge in [-0.2, -0.15) is 0 Å². The minimum absolute atomic E-state index is 0.200. The van der Waals surface area contributed by atoms with Gasteiger partial charge >= 0.3 is 0 Å². The van der Waals surface area contributed by atoms with E-state index in [9.17, 15) is 8.42 Å². The Kier molecular flexibility index (Phi) is 3.78. The van der Waals surface area contributed by atoms with Gasteiger partial charge in [-0.25, -0.2) is 8.42 Å². The predicted octanol–water partition coefficient (Wildman–Crippen LogP) is 2.00. The molecule has 4 heteroatoms. The molecule has 1 aliphatic carbocycles. The molecule has 2 N–H and O–H groups in total. The number of aryl methyl sites for hydroxylation is 1. The molecule has 1 unspecified atom stereocenters. The molecule has 1 aromatic carbocycles. The minimum Gasteiger partial charge on any atom is -0.321 e. The van der Waals surface area contributed by atoms with E-state index in [4.69, 9.17) is 5.73 Å². The average molecular weight is 267 g/mol. The molecule has 0 bridgehead atoms. The van der Waals surface area contributed by atoms with Crippen LogP contribution in [0.3, 0.4) is 0 Å². The fraction of sp³-hybridized carbons (Fsp3) is 0.571. The van der Waals surface area contributed by atoms with Crippen LogP contribution >= 0.6 is 0 Å². The third-order valence-corrected chi connectivity index (χ3v) is 5.62. The number of sulfone groups is 1. The molecule has 0 fully saturated rings. The Bertz CT molecular complexity index is 524. The first-order chi connectivity index (χ1) is 8.47. The molecule has 0 amide bonds. The second kappa shape index (κ2) is 5.02. The zero-order chi connectivity index (χ0) is 13.2. The molecule has 1 atom stereocenters. The Balaban J connectivity index is 2.11. The second-order valence-electron chi connectivity index (χ2n) is 5.22. The van der Waals surface area contributed by atoms with Gasteiger partial charge in [0.05, 0.1) is 5.75 Å². The molecule has 0 aromatic heterocycles. The molecule has 0 saturated heterocycles. The third-order valence-electron chi connectivity index (χ3n) is 3.77. The number of benzene rings is 1. The molecule has 0 aliphatic heterocycles.